The van der Waals surface area contributed by atoms with E-state index in [4.69, 9.17) is 9.72 Å². The van der Waals surface area contributed by atoms with Gasteiger partial charge in [-0.25, -0.2) is 10.2 Å². The number of carbonyl (C=O) groups excluding carboxylic acids is 5. The summed E-state index contributed by atoms with van der Waals surface area (Å²) in [5.74, 6) is -2.01. The number of hydrogen-bond acceptors (Lipinski definition) is 10. The number of carbonyl (C=O) groups is 5. The number of fused-ring (bicyclic) bond motifs is 6. The molecule has 4 aromatic rings. The van der Waals surface area contributed by atoms with Crippen LogP contribution < -0.4 is 16.1 Å². The molecule has 3 fully saturated rings. The summed E-state index contributed by atoms with van der Waals surface area (Å²) in [6.07, 6.45) is 3.37. The molecule has 6 bridgehead atoms. The second-order valence-corrected chi connectivity index (χ2v) is 18.9. The van der Waals surface area contributed by atoms with E-state index in [2.05, 4.69) is 73.4 Å². The summed E-state index contributed by atoms with van der Waals surface area (Å²) in [5, 5.41) is 19.6. The highest BCUT2D eigenvalue weighted by Crippen LogP contribution is 2.42. The van der Waals surface area contributed by atoms with Crippen molar-refractivity contribution in [1.82, 2.24) is 40.4 Å². The van der Waals surface area contributed by atoms with Crippen LogP contribution in [0.1, 0.15) is 84.0 Å². The Balaban J connectivity index is 1.21. The van der Waals surface area contributed by atoms with E-state index in [9.17, 15) is 29.1 Å². The van der Waals surface area contributed by atoms with Gasteiger partial charge in [-0.3, -0.25) is 34.1 Å². The van der Waals surface area contributed by atoms with E-state index in [1.165, 1.54) is 14.8 Å². The van der Waals surface area contributed by atoms with Gasteiger partial charge >= 0.3 is 12.0 Å². The number of amides is 5. The number of urea groups is 1. The number of benzene rings is 2. The summed E-state index contributed by atoms with van der Waals surface area (Å²) in [4.78, 5) is 76.9. The second kappa shape index (κ2) is 17.4. The maximum Gasteiger partial charge on any atom is 0.327 e. The van der Waals surface area contributed by atoms with Gasteiger partial charge in [0, 0.05) is 67.2 Å². The number of rotatable bonds is 8. The molecule has 15 heteroatoms. The molecule has 2 aromatic heterocycles. The van der Waals surface area contributed by atoms with Gasteiger partial charge in [-0.15, -0.1) is 0 Å². The number of aromatic nitrogens is 2. The molecule has 3 saturated heterocycles. The molecular weight excluding hydrogens is 801 g/mol. The fourth-order valence-corrected chi connectivity index (χ4v) is 9.59. The summed E-state index contributed by atoms with van der Waals surface area (Å²) >= 11 is 0. The first-order chi connectivity index (χ1) is 30.0. The van der Waals surface area contributed by atoms with Crippen LogP contribution in [0.15, 0.2) is 54.7 Å². The summed E-state index contributed by atoms with van der Waals surface area (Å²) in [7, 11) is 0. The third-order valence-corrected chi connectivity index (χ3v) is 12.7. The molecule has 6 heterocycles. The Morgan fingerprint density at radius 3 is 2.51 bits per heavy atom. The number of phenolic OH excluding ortho intramolecular Hbond substituents is 1. The minimum Gasteiger partial charge on any atom is -0.508 e. The monoisotopic (exact) mass is 860 g/mol. The highest BCUT2D eigenvalue weighted by molar-refractivity contribution is 6.02. The maximum atomic E-state index is 14.7. The van der Waals surface area contributed by atoms with Gasteiger partial charge in [0.25, 0.3) is 5.91 Å². The molecule has 63 heavy (non-hydrogen) atoms. The van der Waals surface area contributed by atoms with E-state index in [1.807, 2.05) is 38.2 Å². The lowest BCUT2D eigenvalue weighted by Gasteiger charge is -2.36. The van der Waals surface area contributed by atoms with E-state index < -0.39 is 53.4 Å². The quantitative estimate of drug-likeness (QED) is 0.137. The molecule has 0 unspecified atom stereocenters. The van der Waals surface area contributed by atoms with Crippen molar-refractivity contribution in [3.8, 4) is 28.1 Å². The van der Waals surface area contributed by atoms with E-state index >= 15 is 0 Å². The van der Waals surface area contributed by atoms with Crippen LogP contribution in [0.3, 0.4) is 0 Å². The van der Waals surface area contributed by atoms with E-state index in [-0.39, 0.29) is 56.2 Å². The minimum absolute atomic E-state index is 0.00354. The normalized spacial score (nSPS) is 22.1. The van der Waals surface area contributed by atoms with Gasteiger partial charge in [0.2, 0.25) is 11.8 Å². The average Bonchev–Trinajstić information content (AvgIpc) is 3.98. The van der Waals surface area contributed by atoms with Crippen LogP contribution in [0.5, 0.6) is 5.75 Å². The third kappa shape index (κ3) is 8.77. The van der Waals surface area contributed by atoms with Gasteiger partial charge in [-0.2, -0.15) is 0 Å². The molecule has 8 rings (SSSR count). The largest absolute Gasteiger partial charge is 0.508 e. The predicted octanol–water partition coefficient (Wildman–Crippen LogP) is 5.13. The summed E-state index contributed by atoms with van der Waals surface area (Å²) < 4.78 is 8.43. The third-order valence-electron chi connectivity index (χ3n) is 12.7. The number of imide groups is 1. The fourth-order valence-electron chi connectivity index (χ4n) is 9.59. The molecule has 0 spiro atoms. The zero-order valence-corrected chi connectivity index (χ0v) is 37.4. The topological polar surface area (TPSA) is 188 Å². The van der Waals surface area contributed by atoms with Crippen LogP contribution in [0.25, 0.3) is 33.3 Å². The Morgan fingerprint density at radius 2 is 1.79 bits per heavy atom. The number of ether oxygens (including phenoxy) is 1. The summed E-state index contributed by atoms with van der Waals surface area (Å²) in [6.45, 7) is 16.2. The highest BCUT2D eigenvalue weighted by Gasteiger charge is 2.46. The van der Waals surface area contributed by atoms with Crippen LogP contribution in [0, 0.1) is 11.3 Å². The molecule has 5 amide bonds. The molecule has 0 aliphatic carbocycles. The number of hydrogen-bond donors (Lipinski definition) is 4. The predicted molar refractivity (Wildman–Crippen MR) is 238 cm³/mol. The zero-order valence-electron chi connectivity index (χ0n) is 37.4. The number of nitrogens with zero attached hydrogens (tertiary/aromatic N) is 5. The van der Waals surface area contributed by atoms with Crippen molar-refractivity contribution in [1.29, 1.82) is 0 Å². The molecule has 4 aliphatic heterocycles. The Morgan fingerprint density at radius 1 is 1.02 bits per heavy atom. The minimum atomic E-state index is -1.16. The SMILES string of the molecule is CCn1c(-c2cccnc2C(C)C)c2c3cc(ccc31)-c1cc(O)cc(c1)C[C@H](NC(=O)[C@H](C(C)C)N1CCN(C(=O)[C@@H]3CN3)C1=O)C(=O)N1CCC[C@H](N1)C(=O)OCC(C)(C)C2. The standard InChI is InChI=1S/C48H60N8O7/c1-8-53-39-14-13-30-23-34(39)35(42(53)33-11-9-15-49-40(33)27(2)3)24-48(6,7)26-63-46(61)36-12-10-16-56(52-36)45(60)37(21-29-19-31(30)22-32(57)20-29)51-43(58)41(28(4)5)54-17-18-55(47(54)62)44(59)38-25-50-38/h9,11,13-15,19-20,22-23,27-28,36-38,41,50,52,57H,8,10,12,16-18,21,24-26H2,1-7H3,(H,51,58)/t36-,37-,38-,41-/m0/s1. The number of cyclic esters (lactones) is 1. The fraction of sp³-hybridized carbons (Fsp3) is 0.500. The summed E-state index contributed by atoms with van der Waals surface area (Å²) in [5.41, 5.74) is 10.0. The molecule has 2 aromatic carbocycles. The molecule has 0 saturated carbocycles. The molecule has 4 N–H and O–H groups in total. The van der Waals surface area contributed by atoms with Crippen molar-refractivity contribution in [3.63, 3.8) is 0 Å². The van der Waals surface area contributed by atoms with Gasteiger partial charge in [-0.1, -0.05) is 53.7 Å². The Bertz CT molecular complexity index is 2460. The summed E-state index contributed by atoms with van der Waals surface area (Å²) in [6, 6.07) is 11.7. The van der Waals surface area contributed by atoms with Crippen molar-refractivity contribution in [2.24, 2.45) is 11.3 Å². The van der Waals surface area contributed by atoms with Crippen molar-refractivity contribution >= 4 is 40.6 Å². The number of hydrazine groups is 1. The Kier molecular flexibility index (Phi) is 12.1. The smallest absolute Gasteiger partial charge is 0.327 e. The number of aryl methyl sites for hydroxylation is 1. The molecule has 4 atom stereocenters. The molecule has 334 valence electrons. The number of aromatic hydroxyl groups is 1. The van der Waals surface area contributed by atoms with Gasteiger partial charge in [-0.05, 0) is 96.7 Å². The lowest BCUT2D eigenvalue weighted by Crippen LogP contribution is -2.62. The van der Waals surface area contributed by atoms with Crippen LogP contribution in [-0.2, 0) is 43.3 Å². The first-order valence-corrected chi connectivity index (χ1v) is 22.4. The first-order valence-electron chi connectivity index (χ1n) is 22.4. The van der Waals surface area contributed by atoms with Gasteiger partial charge < -0.3 is 29.9 Å². The van der Waals surface area contributed by atoms with Crippen LogP contribution in [0.2, 0.25) is 0 Å². The Labute approximate surface area is 368 Å². The zero-order chi connectivity index (χ0) is 44.9. The maximum absolute atomic E-state index is 14.7. The van der Waals surface area contributed by atoms with Crippen LogP contribution in [0.4, 0.5) is 4.79 Å². The molecule has 0 radical (unpaired) electrons. The first kappa shape index (κ1) is 43.8. The number of pyridine rings is 1. The van der Waals surface area contributed by atoms with E-state index in [0.717, 1.165) is 44.5 Å². The highest BCUT2D eigenvalue weighted by atomic mass is 16.5. The molecular formula is C48H60N8O7. The number of nitrogens with one attached hydrogen (secondary N) is 3. The van der Waals surface area contributed by atoms with Crippen molar-refractivity contribution < 1.29 is 33.8 Å². The van der Waals surface area contributed by atoms with Gasteiger partial charge in [0.05, 0.1) is 18.0 Å². The van der Waals surface area contributed by atoms with Gasteiger partial charge in [0.1, 0.15) is 29.9 Å². The second-order valence-electron chi connectivity index (χ2n) is 18.9. The average molecular weight is 861 g/mol. The van der Waals surface area contributed by atoms with Gasteiger partial charge in [0.15, 0.2) is 0 Å². The lowest BCUT2D eigenvalue weighted by atomic mass is 9.83. The van der Waals surface area contributed by atoms with Crippen molar-refractivity contribution in [3.05, 3.63) is 71.5 Å². The van der Waals surface area contributed by atoms with Crippen molar-refractivity contribution in [2.75, 3.05) is 32.8 Å². The Hall–Kier alpha value is -5.80. The van der Waals surface area contributed by atoms with Crippen LogP contribution in [-0.4, -0.2) is 116 Å². The number of esters is 1. The number of phenols is 1. The van der Waals surface area contributed by atoms with Crippen LogP contribution >= 0.6 is 0 Å². The van der Waals surface area contributed by atoms with E-state index in [0.29, 0.717) is 37.9 Å². The molecule has 4 aliphatic rings. The molecule has 15 nitrogen and oxygen atoms in total. The van der Waals surface area contributed by atoms with E-state index in [1.54, 1.807) is 12.1 Å². The van der Waals surface area contributed by atoms with Crippen molar-refractivity contribution in [2.45, 2.75) is 111 Å². The lowest BCUT2D eigenvalue weighted by molar-refractivity contribution is -0.155.